The molecule has 0 saturated heterocycles. The van der Waals surface area contributed by atoms with Crippen LogP contribution in [0.2, 0.25) is 0 Å². The molecule has 0 atom stereocenters. The van der Waals surface area contributed by atoms with Crippen molar-refractivity contribution in [3.8, 4) is 5.75 Å². The lowest BCUT2D eigenvalue weighted by molar-refractivity contribution is 0.102. The van der Waals surface area contributed by atoms with Crippen LogP contribution in [0, 0.1) is 20.8 Å². The van der Waals surface area contributed by atoms with Gasteiger partial charge in [0.05, 0.1) is 12.7 Å². The van der Waals surface area contributed by atoms with Crippen molar-refractivity contribution in [3.05, 3.63) is 74.2 Å². The van der Waals surface area contributed by atoms with E-state index in [4.69, 9.17) is 9.73 Å². The lowest BCUT2D eigenvalue weighted by atomic mass is 9.96. The summed E-state index contributed by atoms with van der Waals surface area (Å²) in [6, 6.07) is 10.4. The lowest BCUT2D eigenvalue weighted by Crippen LogP contribution is -2.14. The summed E-state index contributed by atoms with van der Waals surface area (Å²) in [5.74, 6) is 1.19. The minimum absolute atomic E-state index is 0.0560. The highest BCUT2D eigenvalue weighted by atomic mass is 32.1. The number of fused-ring (bicyclic) bond motifs is 1. The molecule has 36 heavy (non-hydrogen) atoms. The number of nitrogens with one attached hydrogen (secondary N) is 1. The van der Waals surface area contributed by atoms with Crippen molar-refractivity contribution >= 4 is 34.1 Å². The zero-order valence-electron chi connectivity index (χ0n) is 22.5. The number of benzene rings is 2. The Balaban J connectivity index is 1.75. The van der Waals surface area contributed by atoms with Crippen LogP contribution in [-0.2, 0) is 12.8 Å². The van der Waals surface area contributed by atoms with E-state index < -0.39 is 0 Å². The van der Waals surface area contributed by atoms with Crippen LogP contribution in [0.15, 0.2) is 35.3 Å². The number of carbonyl (C=O) groups excluding carboxylic acids is 1. The largest absolute Gasteiger partial charge is 0.496 e. The first kappa shape index (κ1) is 26.2. The topological polar surface area (TPSA) is 50.7 Å². The number of thiophene rings is 1. The summed E-state index contributed by atoms with van der Waals surface area (Å²) in [5.41, 5.74) is 8.39. The first-order valence-electron chi connectivity index (χ1n) is 13.0. The predicted molar refractivity (Wildman–Crippen MR) is 153 cm³/mol. The van der Waals surface area contributed by atoms with E-state index in [1.165, 1.54) is 29.7 Å². The highest BCUT2D eigenvalue weighted by Gasteiger charge is 2.24. The Morgan fingerprint density at radius 3 is 2.36 bits per heavy atom. The standard InChI is InChI=1S/C31H38N2O2S/c1-19(2)26-17-23(22(5)16-27(26)35-6)18-32-31-29(25-11-9-7-8-10-12-28(25)36-31)30(34)33-24-14-20(3)13-21(4)15-24/h13-19H,7-12H2,1-6H3,(H,33,34). The zero-order valence-corrected chi connectivity index (χ0v) is 23.3. The minimum Gasteiger partial charge on any atom is -0.496 e. The molecule has 0 aliphatic heterocycles. The van der Waals surface area contributed by atoms with Gasteiger partial charge in [0.25, 0.3) is 5.91 Å². The number of amides is 1. The third-order valence-electron chi connectivity index (χ3n) is 6.92. The average molecular weight is 503 g/mol. The van der Waals surface area contributed by atoms with Gasteiger partial charge >= 0.3 is 0 Å². The molecular formula is C31H38N2O2S. The van der Waals surface area contributed by atoms with Crippen LogP contribution in [0.1, 0.15) is 94.1 Å². The Kier molecular flexibility index (Phi) is 8.30. The van der Waals surface area contributed by atoms with Crippen LogP contribution in [0.3, 0.4) is 0 Å². The Morgan fingerprint density at radius 2 is 1.69 bits per heavy atom. The molecule has 0 bridgehead atoms. The zero-order chi connectivity index (χ0) is 25.8. The van der Waals surface area contributed by atoms with Gasteiger partial charge in [0, 0.05) is 16.8 Å². The number of rotatable bonds is 6. The van der Waals surface area contributed by atoms with Gasteiger partial charge < -0.3 is 10.1 Å². The van der Waals surface area contributed by atoms with Gasteiger partial charge in [-0.15, -0.1) is 11.3 Å². The number of methoxy groups -OCH3 is 1. The van der Waals surface area contributed by atoms with Gasteiger partial charge in [-0.05, 0) is 110 Å². The number of hydrogen-bond acceptors (Lipinski definition) is 4. The van der Waals surface area contributed by atoms with E-state index >= 15 is 0 Å². The maximum atomic E-state index is 13.7. The molecule has 0 radical (unpaired) electrons. The van der Waals surface area contributed by atoms with Crippen LogP contribution in [0.4, 0.5) is 10.7 Å². The molecular weight excluding hydrogens is 464 g/mol. The maximum Gasteiger partial charge on any atom is 0.259 e. The number of ether oxygens (including phenoxy) is 1. The number of nitrogens with zero attached hydrogens (tertiary/aromatic N) is 1. The molecule has 3 aromatic rings. The SMILES string of the molecule is COc1cc(C)c(C=Nc2sc3c(c2C(=O)Nc2cc(C)cc(C)c2)CCCCCC3)cc1C(C)C. The molecule has 0 unspecified atom stereocenters. The molecule has 1 amide bonds. The third-order valence-corrected chi connectivity index (χ3v) is 8.12. The van der Waals surface area contributed by atoms with E-state index in [1.54, 1.807) is 18.4 Å². The molecule has 1 heterocycles. The van der Waals surface area contributed by atoms with Crippen molar-refractivity contribution in [2.75, 3.05) is 12.4 Å². The van der Waals surface area contributed by atoms with E-state index in [0.717, 1.165) is 69.1 Å². The lowest BCUT2D eigenvalue weighted by Gasteiger charge is -2.14. The van der Waals surface area contributed by atoms with Crippen molar-refractivity contribution in [1.29, 1.82) is 0 Å². The second kappa shape index (κ2) is 11.4. The first-order chi connectivity index (χ1) is 17.3. The normalized spacial score (nSPS) is 14.0. The van der Waals surface area contributed by atoms with Gasteiger partial charge in [0.1, 0.15) is 10.8 Å². The molecule has 1 aliphatic carbocycles. The monoisotopic (exact) mass is 502 g/mol. The fourth-order valence-electron chi connectivity index (χ4n) is 5.08. The maximum absolute atomic E-state index is 13.7. The van der Waals surface area contributed by atoms with Crippen LogP contribution in [0.25, 0.3) is 0 Å². The van der Waals surface area contributed by atoms with E-state index in [0.29, 0.717) is 5.92 Å². The van der Waals surface area contributed by atoms with E-state index in [9.17, 15) is 4.79 Å². The Morgan fingerprint density at radius 1 is 1.00 bits per heavy atom. The number of carbonyl (C=O) groups is 1. The molecule has 4 rings (SSSR count). The van der Waals surface area contributed by atoms with Crippen molar-refractivity contribution in [2.45, 2.75) is 79.1 Å². The second-order valence-corrected chi connectivity index (χ2v) is 11.4. The van der Waals surface area contributed by atoms with Crippen molar-refractivity contribution in [1.82, 2.24) is 0 Å². The Hall–Kier alpha value is -2.92. The van der Waals surface area contributed by atoms with E-state index in [1.807, 2.05) is 18.3 Å². The van der Waals surface area contributed by atoms with Crippen molar-refractivity contribution in [3.63, 3.8) is 0 Å². The quantitative estimate of drug-likeness (QED) is 0.344. The fourth-order valence-corrected chi connectivity index (χ4v) is 6.31. The molecule has 0 fully saturated rings. The summed E-state index contributed by atoms with van der Waals surface area (Å²) >= 11 is 1.69. The molecule has 5 heteroatoms. The summed E-state index contributed by atoms with van der Waals surface area (Å²) in [4.78, 5) is 20.0. The molecule has 190 valence electrons. The summed E-state index contributed by atoms with van der Waals surface area (Å²) in [5, 5.41) is 3.99. The highest BCUT2D eigenvalue weighted by molar-refractivity contribution is 7.16. The number of aliphatic imine (C=N–C) groups is 1. The van der Waals surface area contributed by atoms with Gasteiger partial charge in [-0.1, -0.05) is 32.8 Å². The number of hydrogen-bond donors (Lipinski definition) is 1. The Labute approximate surface area is 219 Å². The highest BCUT2D eigenvalue weighted by Crippen LogP contribution is 2.39. The smallest absolute Gasteiger partial charge is 0.259 e. The average Bonchev–Trinajstić information content (AvgIpc) is 3.13. The van der Waals surface area contributed by atoms with Crippen molar-refractivity contribution < 1.29 is 9.53 Å². The minimum atomic E-state index is -0.0560. The van der Waals surface area contributed by atoms with Crippen LogP contribution >= 0.6 is 11.3 Å². The van der Waals surface area contributed by atoms with Crippen LogP contribution in [-0.4, -0.2) is 19.2 Å². The first-order valence-corrected chi connectivity index (χ1v) is 13.8. The fraction of sp³-hybridized carbons (Fsp3) is 0.419. The van der Waals surface area contributed by atoms with Gasteiger partial charge in [0.15, 0.2) is 0 Å². The summed E-state index contributed by atoms with van der Waals surface area (Å²) in [7, 11) is 1.72. The third kappa shape index (κ3) is 5.89. The molecule has 1 aliphatic rings. The number of aryl methyl sites for hydroxylation is 4. The molecule has 1 aromatic heterocycles. The second-order valence-electron chi connectivity index (χ2n) is 10.3. The van der Waals surface area contributed by atoms with Crippen molar-refractivity contribution in [2.24, 2.45) is 4.99 Å². The van der Waals surface area contributed by atoms with Crippen LogP contribution < -0.4 is 10.1 Å². The Bertz CT molecular complexity index is 1270. The number of anilines is 1. The van der Waals surface area contributed by atoms with E-state index in [2.05, 4.69) is 58.1 Å². The van der Waals surface area contributed by atoms with Gasteiger partial charge in [-0.25, -0.2) is 4.99 Å². The van der Waals surface area contributed by atoms with E-state index in [-0.39, 0.29) is 5.91 Å². The summed E-state index contributed by atoms with van der Waals surface area (Å²) in [6.45, 7) is 10.5. The molecule has 4 nitrogen and oxygen atoms in total. The molecule has 0 saturated carbocycles. The summed E-state index contributed by atoms with van der Waals surface area (Å²) < 4.78 is 5.61. The predicted octanol–water partition coefficient (Wildman–Crippen LogP) is 8.47. The molecule has 0 spiro atoms. The molecule has 1 N–H and O–H groups in total. The molecule has 2 aromatic carbocycles. The van der Waals surface area contributed by atoms with Gasteiger partial charge in [-0.3, -0.25) is 4.79 Å². The van der Waals surface area contributed by atoms with Gasteiger partial charge in [-0.2, -0.15) is 0 Å². The van der Waals surface area contributed by atoms with Crippen LogP contribution in [0.5, 0.6) is 5.75 Å². The summed E-state index contributed by atoms with van der Waals surface area (Å²) in [6.07, 6.45) is 8.65. The van der Waals surface area contributed by atoms with Gasteiger partial charge in [0.2, 0.25) is 0 Å².